The zero-order valence-electron chi connectivity index (χ0n) is 9.97. The molecule has 2 aromatic rings. The number of ether oxygens (including phenoxy) is 1. The summed E-state index contributed by atoms with van der Waals surface area (Å²) < 4.78 is 5.18. The molecule has 2 aromatic carbocycles. The predicted octanol–water partition coefficient (Wildman–Crippen LogP) is 2.38. The number of benzene rings is 2. The van der Waals surface area contributed by atoms with E-state index >= 15 is 0 Å². The van der Waals surface area contributed by atoms with Crippen molar-refractivity contribution in [3.8, 4) is 6.07 Å². The lowest BCUT2D eigenvalue weighted by Crippen LogP contribution is -2.49. The fraction of sp³-hybridized carbons (Fsp3) is 0.267. The van der Waals surface area contributed by atoms with E-state index in [0.717, 1.165) is 16.3 Å². The van der Waals surface area contributed by atoms with Crippen molar-refractivity contribution in [2.45, 2.75) is 6.04 Å². The molecule has 1 aliphatic heterocycles. The highest BCUT2D eigenvalue weighted by Crippen LogP contribution is 2.40. The van der Waals surface area contributed by atoms with Gasteiger partial charge in [-0.3, -0.25) is 0 Å². The van der Waals surface area contributed by atoms with E-state index in [1.165, 1.54) is 0 Å². The molecule has 3 heteroatoms. The number of fused-ring (bicyclic) bond motifs is 1. The first-order valence-electron chi connectivity index (χ1n) is 5.99. The second-order valence-corrected chi connectivity index (χ2v) is 4.81. The van der Waals surface area contributed by atoms with Crippen molar-refractivity contribution in [1.82, 2.24) is 0 Å². The summed E-state index contributed by atoms with van der Waals surface area (Å²) in [5, 5.41) is 11.6. The summed E-state index contributed by atoms with van der Waals surface area (Å²) in [5.41, 5.74) is 6.77. The zero-order valence-corrected chi connectivity index (χ0v) is 9.97. The van der Waals surface area contributed by atoms with Crippen molar-refractivity contribution in [2.24, 2.45) is 11.1 Å². The van der Waals surface area contributed by atoms with E-state index < -0.39 is 5.41 Å². The fourth-order valence-electron chi connectivity index (χ4n) is 2.45. The van der Waals surface area contributed by atoms with Crippen LogP contribution in [0, 0.1) is 16.7 Å². The molecule has 1 heterocycles. The summed E-state index contributed by atoms with van der Waals surface area (Å²) in [4.78, 5) is 0. The molecule has 0 saturated carbocycles. The van der Waals surface area contributed by atoms with E-state index in [-0.39, 0.29) is 6.04 Å². The Morgan fingerprint density at radius 2 is 1.89 bits per heavy atom. The molecule has 0 amide bonds. The normalized spacial score (nSPS) is 18.9. The molecule has 0 spiro atoms. The highest BCUT2D eigenvalue weighted by Gasteiger charge is 2.45. The summed E-state index contributed by atoms with van der Waals surface area (Å²) >= 11 is 0. The summed E-state index contributed by atoms with van der Waals surface area (Å²) in [6.07, 6.45) is 0. The molecule has 90 valence electrons. The highest BCUT2D eigenvalue weighted by atomic mass is 16.5. The quantitative estimate of drug-likeness (QED) is 0.873. The number of nitrogens with two attached hydrogens (primary N) is 1. The summed E-state index contributed by atoms with van der Waals surface area (Å²) in [5.74, 6) is 0. The van der Waals surface area contributed by atoms with Crippen LogP contribution in [0.25, 0.3) is 10.8 Å². The molecule has 2 N–H and O–H groups in total. The van der Waals surface area contributed by atoms with Gasteiger partial charge in [-0.05, 0) is 16.3 Å². The van der Waals surface area contributed by atoms with Crippen LogP contribution < -0.4 is 5.73 Å². The Labute approximate surface area is 106 Å². The van der Waals surface area contributed by atoms with Crippen LogP contribution in [-0.4, -0.2) is 13.2 Å². The Hall–Kier alpha value is -1.89. The average molecular weight is 238 g/mol. The summed E-state index contributed by atoms with van der Waals surface area (Å²) in [6.45, 7) is 0.849. The SMILES string of the molecule is N#CC1(C(N)c2cccc3ccccc23)COC1. The lowest BCUT2D eigenvalue weighted by Gasteiger charge is -2.40. The molecular weight excluding hydrogens is 224 g/mol. The van der Waals surface area contributed by atoms with E-state index in [0.29, 0.717) is 13.2 Å². The van der Waals surface area contributed by atoms with E-state index in [2.05, 4.69) is 24.3 Å². The maximum Gasteiger partial charge on any atom is 0.123 e. The van der Waals surface area contributed by atoms with Crippen LogP contribution in [0.15, 0.2) is 42.5 Å². The molecule has 0 radical (unpaired) electrons. The highest BCUT2D eigenvalue weighted by molar-refractivity contribution is 5.86. The molecule has 1 fully saturated rings. The number of rotatable bonds is 2. The zero-order chi connectivity index (χ0) is 12.6. The van der Waals surface area contributed by atoms with Crippen molar-refractivity contribution in [3.05, 3.63) is 48.0 Å². The average Bonchev–Trinajstić information content (AvgIpc) is 2.37. The maximum atomic E-state index is 9.33. The molecule has 1 saturated heterocycles. The van der Waals surface area contributed by atoms with Crippen LogP contribution in [0.5, 0.6) is 0 Å². The van der Waals surface area contributed by atoms with E-state index in [4.69, 9.17) is 10.5 Å². The molecule has 18 heavy (non-hydrogen) atoms. The van der Waals surface area contributed by atoms with Crippen LogP contribution >= 0.6 is 0 Å². The molecule has 0 bridgehead atoms. The van der Waals surface area contributed by atoms with Gasteiger partial charge in [0, 0.05) is 0 Å². The van der Waals surface area contributed by atoms with Gasteiger partial charge in [-0.1, -0.05) is 42.5 Å². The Morgan fingerprint density at radius 3 is 2.56 bits per heavy atom. The largest absolute Gasteiger partial charge is 0.378 e. The third kappa shape index (κ3) is 1.51. The number of nitriles is 1. The third-order valence-electron chi connectivity index (χ3n) is 3.70. The van der Waals surface area contributed by atoms with Crippen LogP contribution in [-0.2, 0) is 4.74 Å². The van der Waals surface area contributed by atoms with Crippen molar-refractivity contribution >= 4 is 10.8 Å². The molecule has 1 atom stereocenters. The van der Waals surface area contributed by atoms with E-state index in [1.54, 1.807) is 0 Å². The number of nitrogens with zero attached hydrogens (tertiary/aromatic N) is 1. The molecule has 3 rings (SSSR count). The van der Waals surface area contributed by atoms with Crippen molar-refractivity contribution in [1.29, 1.82) is 5.26 Å². The van der Waals surface area contributed by atoms with Gasteiger partial charge in [-0.25, -0.2) is 0 Å². The smallest absolute Gasteiger partial charge is 0.123 e. The number of hydrogen-bond donors (Lipinski definition) is 1. The Bertz CT molecular complexity index is 620. The lowest BCUT2D eigenvalue weighted by atomic mass is 9.76. The van der Waals surface area contributed by atoms with Gasteiger partial charge in [0.15, 0.2) is 0 Å². The molecule has 0 aliphatic carbocycles. The topological polar surface area (TPSA) is 59.0 Å². The number of hydrogen-bond acceptors (Lipinski definition) is 3. The Balaban J connectivity index is 2.12. The molecule has 0 aromatic heterocycles. The van der Waals surface area contributed by atoms with Crippen LogP contribution in [0.1, 0.15) is 11.6 Å². The van der Waals surface area contributed by atoms with Gasteiger partial charge >= 0.3 is 0 Å². The monoisotopic (exact) mass is 238 g/mol. The van der Waals surface area contributed by atoms with E-state index in [1.807, 2.05) is 24.3 Å². The molecule has 1 aliphatic rings. The molecular formula is C15H14N2O. The lowest BCUT2D eigenvalue weighted by molar-refractivity contribution is -0.0908. The van der Waals surface area contributed by atoms with Gasteiger partial charge < -0.3 is 10.5 Å². The second-order valence-electron chi connectivity index (χ2n) is 4.81. The first kappa shape index (κ1) is 11.2. The van der Waals surface area contributed by atoms with Crippen molar-refractivity contribution in [2.75, 3.05) is 13.2 Å². The standard InChI is InChI=1S/C15H14N2O/c16-8-15(9-18-10-15)14(17)13-7-3-5-11-4-1-2-6-12(11)13/h1-7,14H,9-10,17H2. The maximum absolute atomic E-state index is 9.33. The van der Waals surface area contributed by atoms with E-state index in [9.17, 15) is 5.26 Å². The van der Waals surface area contributed by atoms with Gasteiger partial charge in [-0.15, -0.1) is 0 Å². The first-order valence-corrected chi connectivity index (χ1v) is 5.99. The predicted molar refractivity (Wildman–Crippen MR) is 69.7 cm³/mol. The van der Waals surface area contributed by atoms with Gasteiger partial charge in [0.25, 0.3) is 0 Å². The Morgan fingerprint density at radius 1 is 1.17 bits per heavy atom. The van der Waals surface area contributed by atoms with Gasteiger partial charge in [0.2, 0.25) is 0 Å². The molecule has 1 unspecified atom stereocenters. The van der Waals surface area contributed by atoms with Crippen LogP contribution in [0.2, 0.25) is 0 Å². The second kappa shape index (κ2) is 4.09. The summed E-state index contributed by atoms with van der Waals surface area (Å²) in [7, 11) is 0. The molecule has 3 nitrogen and oxygen atoms in total. The van der Waals surface area contributed by atoms with Crippen LogP contribution in [0.4, 0.5) is 0 Å². The first-order chi connectivity index (χ1) is 8.77. The van der Waals surface area contributed by atoms with Gasteiger partial charge in [0.05, 0.1) is 25.3 Å². The van der Waals surface area contributed by atoms with Crippen LogP contribution in [0.3, 0.4) is 0 Å². The summed E-state index contributed by atoms with van der Waals surface area (Å²) in [6, 6.07) is 16.2. The third-order valence-corrected chi connectivity index (χ3v) is 3.70. The van der Waals surface area contributed by atoms with Gasteiger partial charge in [-0.2, -0.15) is 5.26 Å². The minimum Gasteiger partial charge on any atom is -0.378 e. The fourth-order valence-corrected chi connectivity index (χ4v) is 2.45. The van der Waals surface area contributed by atoms with Gasteiger partial charge in [0.1, 0.15) is 5.41 Å². The Kier molecular flexibility index (Phi) is 2.55. The van der Waals surface area contributed by atoms with Crippen molar-refractivity contribution in [3.63, 3.8) is 0 Å². The minimum atomic E-state index is -0.565. The van der Waals surface area contributed by atoms with Crippen molar-refractivity contribution < 1.29 is 4.74 Å². The minimum absolute atomic E-state index is 0.303.